The Morgan fingerprint density at radius 3 is 1.56 bits per heavy atom. The zero-order chi connectivity index (χ0) is 49.6. The van der Waals surface area contributed by atoms with Crippen molar-refractivity contribution in [2.75, 3.05) is 19.8 Å². The first-order valence-corrected chi connectivity index (χ1v) is 25.1. The Morgan fingerprint density at radius 2 is 1.01 bits per heavy atom. The number of hydrogen-bond donors (Lipinski definition) is 9. The largest absolute Gasteiger partial charge is 0.394 e. The summed E-state index contributed by atoms with van der Waals surface area (Å²) in [5.41, 5.74) is 0. The monoisotopic (exact) mass is 958 g/mol. The van der Waals surface area contributed by atoms with Gasteiger partial charge in [-0.2, -0.15) is 0 Å². The molecule has 0 aromatic carbocycles. The van der Waals surface area contributed by atoms with Gasteiger partial charge in [0.25, 0.3) is 0 Å². The van der Waals surface area contributed by atoms with Crippen molar-refractivity contribution in [3.05, 3.63) is 109 Å². The molecule has 2 aliphatic rings. The lowest BCUT2D eigenvalue weighted by molar-refractivity contribution is -0.359. The van der Waals surface area contributed by atoms with Gasteiger partial charge in [0, 0.05) is 6.42 Å². The molecule has 14 heteroatoms. The minimum atomic E-state index is -1.80. The molecule has 386 valence electrons. The quantitative estimate of drug-likeness (QED) is 0.0241. The normalized spacial score (nSPS) is 27.3. The molecule has 0 radical (unpaired) electrons. The molecular weight excluding hydrogens is 871 g/mol. The van der Waals surface area contributed by atoms with E-state index in [0.717, 1.165) is 77.0 Å². The molecule has 2 heterocycles. The number of aliphatic hydroxyl groups is 8. The van der Waals surface area contributed by atoms with E-state index in [1.807, 2.05) is 6.08 Å². The lowest BCUT2D eigenvalue weighted by atomic mass is 9.97. The molecule has 2 fully saturated rings. The maximum atomic E-state index is 13.2. The molecule has 1 amide bonds. The fourth-order valence-corrected chi connectivity index (χ4v) is 7.32. The van der Waals surface area contributed by atoms with Gasteiger partial charge in [0.2, 0.25) is 5.91 Å². The van der Waals surface area contributed by atoms with E-state index in [2.05, 4.69) is 116 Å². The maximum absolute atomic E-state index is 13.2. The number of nitrogens with one attached hydrogen (secondary N) is 1. The number of carbonyl (C=O) groups is 1. The van der Waals surface area contributed by atoms with E-state index in [4.69, 9.17) is 18.9 Å². The molecule has 12 atom stereocenters. The number of rotatable bonds is 36. The van der Waals surface area contributed by atoms with Gasteiger partial charge >= 0.3 is 0 Å². The Labute approximate surface area is 406 Å². The Bertz CT molecular complexity index is 1550. The molecule has 12 unspecified atom stereocenters. The Hall–Kier alpha value is -3.35. The molecule has 68 heavy (non-hydrogen) atoms. The first kappa shape index (κ1) is 60.8. The molecule has 0 saturated carbocycles. The van der Waals surface area contributed by atoms with Crippen molar-refractivity contribution in [1.82, 2.24) is 5.32 Å². The minimum absolute atomic E-state index is 0.207. The van der Waals surface area contributed by atoms with Gasteiger partial charge in [-0.25, -0.2) is 0 Å². The van der Waals surface area contributed by atoms with Crippen LogP contribution < -0.4 is 5.32 Å². The lowest BCUT2D eigenvalue weighted by Crippen LogP contribution is -2.65. The fraction of sp³-hybridized carbons (Fsp3) is 0.648. The third-order valence-electron chi connectivity index (χ3n) is 11.4. The molecule has 0 aliphatic carbocycles. The van der Waals surface area contributed by atoms with Crippen molar-refractivity contribution >= 4 is 5.91 Å². The highest BCUT2D eigenvalue weighted by atomic mass is 16.7. The molecule has 9 N–H and O–H groups in total. The summed E-state index contributed by atoms with van der Waals surface area (Å²) in [6.45, 7) is 2.54. The smallest absolute Gasteiger partial charge is 0.220 e. The first-order chi connectivity index (χ1) is 33.1. The molecule has 2 aliphatic heterocycles. The minimum Gasteiger partial charge on any atom is -0.394 e. The van der Waals surface area contributed by atoms with E-state index >= 15 is 0 Å². The van der Waals surface area contributed by atoms with Crippen molar-refractivity contribution < 1.29 is 64.6 Å². The standard InChI is InChI=1S/C54H87NO13/c1-3-5-7-9-11-13-15-17-18-19-20-21-22-23-24-26-28-30-32-34-36-38-46(59)55-42(43(58)37-35-33-31-29-27-25-16-14-12-10-8-6-4-2)41-65-53-51(64)49(62)52(45(40-57)67-53)68-54-50(63)48(61)47(60)44(39-56)66-54/h5,7,11-14,17-18,20-21,23-24,27-30,35,37,42-45,47-54,56-58,60-64H,3-4,6,8-10,15-16,19,22,25-26,31-34,36,38-41H2,1-2H3,(H,55,59)/b7-5-,13-11-,14-12+,18-17-,21-20-,24-23-,29-27+,30-28-,37-35+. The fourth-order valence-electron chi connectivity index (χ4n) is 7.32. The molecule has 0 aromatic heterocycles. The van der Waals surface area contributed by atoms with Crippen LogP contribution in [0.15, 0.2) is 109 Å². The van der Waals surface area contributed by atoms with Crippen LogP contribution in [0.2, 0.25) is 0 Å². The summed E-state index contributed by atoms with van der Waals surface area (Å²) in [5.74, 6) is -0.303. The van der Waals surface area contributed by atoms with Crippen LogP contribution in [0.1, 0.15) is 129 Å². The number of carbonyl (C=O) groups excluding carboxylic acids is 1. The average molecular weight is 958 g/mol. The van der Waals surface area contributed by atoms with E-state index in [1.165, 1.54) is 19.3 Å². The van der Waals surface area contributed by atoms with Crippen LogP contribution >= 0.6 is 0 Å². The van der Waals surface area contributed by atoms with Crippen molar-refractivity contribution in [2.45, 2.75) is 203 Å². The third-order valence-corrected chi connectivity index (χ3v) is 11.4. The Kier molecular flexibility index (Phi) is 35.2. The second-order valence-electron chi connectivity index (χ2n) is 17.2. The van der Waals surface area contributed by atoms with Crippen LogP contribution in [0, 0.1) is 0 Å². The van der Waals surface area contributed by atoms with Crippen LogP contribution in [0.5, 0.6) is 0 Å². The van der Waals surface area contributed by atoms with Gasteiger partial charge in [-0.15, -0.1) is 0 Å². The van der Waals surface area contributed by atoms with Gasteiger partial charge in [-0.05, 0) is 96.3 Å². The summed E-state index contributed by atoms with van der Waals surface area (Å²) < 4.78 is 22.6. The Balaban J connectivity index is 1.89. The van der Waals surface area contributed by atoms with Crippen LogP contribution in [0.25, 0.3) is 0 Å². The van der Waals surface area contributed by atoms with Gasteiger partial charge < -0.3 is 65.1 Å². The van der Waals surface area contributed by atoms with Gasteiger partial charge in [0.05, 0.1) is 32.0 Å². The van der Waals surface area contributed by atoms with Gasteiger partial charge in [0.15, 0.2) is 12.6 Å². The maximum Gasteiger partial charge on any atom is 0.220 e. The van der Waals surface area contributed by atoms with Crippen molar-refractivity contribution in [1.29, 1.82) is 0 Å². The van der Waals surface area contributed by atoms with Crippen molar-refractivity contribution in [3.8, 4) is 0 Å². The predicted molar refractivity (Wildman–Crippen MR) is 267 cm³/mol. The molecule has 0 spiro atoms. The number of ether oxygens (including phenoxy) is 4. The number of hydrogen-bond acceptors (Lipinski definition) is 13. The van der Waals surface area contributed by atoms with Crippen LogP contribution in [0.3, 0.4) is 0 Å². The number of aliphatic hydroxyl groups excluding tert-OH is 8. The summed E-state index contributed by atoms with van der Waals surface area (Å²) in [6.07, 6.45) is 37.0. The van der Waals surface area contributed by atoms with E-state index in [-0.39, 0.29) is 18.9 Å². The van der Waals surface area contributed by atoms with Crippen molar-refractivity contribution in [3.63, 3.8) is 0 Å². The molecule has 14 nitrogen and oxygen atoms in total. The highest BCUT2D eigenvalue weighted by Crippen LogP contribution is 2.30. The highest BCUT2D eigenvalue weighted by molar-refractivity contribution is 5.76. The van der Waals surface area contributed by atoms with Gasteiger partial charge in [-0.3, -0.25) is 4.79 Å². The van der Waals surface area contributed by atoms with Crippen LogP contribution in [0.4, 0.5) is 0 Å². The SMILES string of the molecule is CC/C=C\C/C=C\C/C=C\C/C=C\C/C=C\C/C=C\CCCCC(=O)NC(COC1OC(CO)C(OC2OC(CO)C(O)C(O)C2O)C(O)C1O)C(O)/C=C/CC/C=C/CC/C=C/CCCCC. The highest BCUT2D eigenvalue weighted by Gasteiger charge is 2.51. The Morgan fingerprint density at radius 1 is 0.544 bits per heavy atom. The van der Waals surface area contributed by atoms with Gasteiger partial charge in [0.1, 0.15) is 48.8 Å². The van der Waals surface area contributed by atoms with Crippen molar-refractivity contribution in [2.24, 2.45) is 0 Å². The first-order valence-electron chi connectivity index (χ1n) is 25.1. The van der Waals surface area contributed by atoms with E-state index in [1.54, 1.807) is 6.08 Å². The summed E-state index contributed by atoms with van der Waals surface area (Å²) in [6, 6.07) is -0.967. The third kappa shape index (κ3) is 26.0. The number of amides is 1. The summed E-state index contributed by atoms with van der Waals surface area (Å²) >= 11 is 0. The molecule has 2 saturated heterocycles. The summed E-state index contributed by atoms with van der Waals surface area (Å²) in [5, 5.41) is 86.6. The zero-order valence-corrected chi connectivity index (χ0v) is 40.8. The number of unbranched alkanes of at least 4 members (excludes halogenated alkanes) is 7. The molecule has 0 bridgehead atoms. The second-order valence-corrected chi connectivity index (χ2v) is 17.2. The molecule has 2 rings (SSSR count). The van der Waals surface area contributed by atoms with E-state index < -0.39 is 86.8 Å². The molecular formula is C54H87NO13. The van der Waals surface area contributed by atoms with E-state index in [9.17, 15) is 45.6 Å². The van der Waals surface area contributed by atoms with E-state index in [0.29, 0.717) is 12.8 Å². The number of allylic oxidation sites excluding steroid dienone is 17. The summed E-state index contributed by atoms with van der Waals surface area (Å²) in [7, 11) is 0. The topological polar surface area (TPSA) is 228 Å². The second kappa shape index (κ2) is 39.4. The van der Waals surface area contributed by atoms with Gasteiger partial charge in [-0.1, -0.05) is 136 Å². The predicted octanol–water partition coefficient (Wildman–Crippen LogP) is 6.54. The zero-order valence-electron chi connectivity index (χ0n) is 40.8. The lowest BCUT2D eigenvalue weighted by Gasteiger charge is -2.46. The van der Waals surface area contributed by atoms with Crippen LogP contribution in [-0.2, 0) is 23.7 Å². The average Bonchev–Trinajstić information content (AvgIpc) is 3.34. The molecule has 0 aromatic rings. The van der Waals surface area contributed by atoms with Crippen LogP contribution in [-0.4, -0.2) is 140 Å². The summed E-state index contributed by atoms with van der Waals surface area (Å²) in [4.78, 5) is 13.2.